The van der Waals surface area contributed by atoms with Crippen molar-refractivity contribution in [2.24, 2.45) is 0 Å². The fraction of sp³-hybridized carbons (Fsp3) is 0.800. The van der Waals surface area contributed by atoms with Gasteiger partial charge in [0.05, 0.1) is 0 Å². The van der Waals surface area contributed by atoms with Crippen molar-refractivity contribution in [3.8, 4) is 0 Å². The lowest BCUT2D eigenvalue weighted by Gasteiger charge is -2.12. The van der Waals surface area contributed by atoms with Crippen LogP contribution in [0, 0.1) is 0 Å². The maximum Gasteiger partial charge on any atom is 0.303 e. The number of aliphatic carboxylic acids is 1. The van der Waals surface area contributed by atoms with E-state index in [1.807, 2.05) is 13.8 Å². The molecule has 0 aromatic heterocycles. The molecule has 0 aromatic carbocycles. The minimum absolute atomic E-state index is 0.0512. The predicted molar refractivity (Wildman–Crippen MR) is 54.0 cm³/mol. The number of carbonyl (C=O) groups excluding carboxylic acids is 1. The largest absolute Gasteiger partial charge is 0.481 e. The first kappa shape index (κ1) is 12.9. The Kier molecular flexibility index (Phi) is 6.80. The van der Waals surface area contributed by atoms with Gasteiger partial charge in [-0.1, -0.05) is 6.92 Å². The molecule has 1 amide bonds. The Morgan fingerprint density at radius 2 is 2.00 bits per heavy atom. The van der Waals surface area contributed by atoms with E-state index >= 15 is 0 Å². The van der Waals surface area contributed by atoms with Gasteiger partial charge in [-0.3, -0.25) is 9.59 Å². The highest BCUT2D eigenvalue weighted by molar-refractivity contribution is 5.76. The zero-order valence-electron chi connectivity index (χ0n) is 8.88. The number of hydrogen-bond donors (Lipinski definition) is 2. The van der Waals surface area contributed by atoms with E-state index < -0.39 is 5.97 Å². The molecule has 0 radical (unpaired) electrons. The molecule has 0 saturated heterocycles. The van der Waals surface area contributed by atoms with E-state index in [0.29, 0.717) is 12.8 Å². The summed E-state index contributed by atoms with van der Waals surface area (Å²) in [6.45, 7) is 3.85. The fourth-order valence-electron chi connectivity index (χ4n) is 1.21. The van der Waals surface area contributed by atoms with Gasteiger partial charge < -0.3 is 10.4 Å². The number of carboxylic acids is 1. The van der Waals surface area contributed by atoms with Crippen LogP contribution in [-0.4, -0.2) is 23.0 Å². The number of nitrogens with one attached hydrogen (secondary N) is 1. The molecule has 1 unspecified atom stereocenters. The summed E-state index contributed by atoms with van der Waals surface area (Å²) in [5, 5.41) is 11.2. The van der Waals surface area contributed by atoms with E-state index in [1.54, 1.807) is 0 Å². The van der Waals surface area contributed by atoms with E-state index in [4.69, 9.17) is 5.11 Å². The van der Waals surface area contributed by atoms with Gasteiger partial charge in [-0.2, -0.15) is 0 Å². The molecule has 0 aliphatic rings. The van der Waals surface area contributed by atoms with Gasteiger partial charge in [0.25, 0.3) is 0 Å². The average molecular weight is 201 g/mol. The first-order valence-corrected chi connectivity index (χ1v) is 5.07. The zero-order valence-corrected chi connectivity index (χ0v) is 8.88. The molecule has 1 atom stereocenters. The molecule has 0 spiro atoms. The third kappa shape index (κ3) is 7.58. The molecule has 0 aliphatic heterocycles. The van der Waals surface area contributed by atoms with E-state index in [0.717, 1.165) is 12.8 Å². The van der Waals surface area contributed by atoms with Crippen molar-refractivity contribution in [3.05, 3.63) is 0 Å². The lowest BCUT2D eigenvalue weighted by atomic mass is 10.1. The molecule has 0 heterocycles. The second kappa shape index (κ2) is 7.35. The Labute approximate surface area is 84.7 Å². The molecule has 0 fully saturated rings. The minimum atomic E-state index is -0.780. The maximum atomic E-state index is 11.1. The van der Waals surface area contributed by atoms with Gasteiger partial charge >= 0.3 is 5.97 Å². The lowest BCUT2D eigenvalue weighted by molar-refractivity contribution is -0.137. The van der Waals surface area contributed by atoms with Crippen LogP contribution in [0.3, 0.4) is 0 Å². The predicted octanol–water partition coefficient (Wildman–Crippen LogP) is 1.55. The highest BCUT2D eigenvalue weighted by Gasteiger charge is 2.06. The van der Waals surface area contributed by atoms with Crippen LogP contribution >= 0.6 is 0 Å². The van der Waals surface area contributed by atoms with Crippen LogP contribution in [0.1, 0.15) is 46.0 Å². The molecule has 4 heteroatoms. The van der Waals surface area contributed by atoms with Crippen LogP contribution in [0.5, 0.6) is 0 Å². The van der Waals surface area contributed by atoms with Gasteiger partial charge in [0.15, 0.2) is 0 Å². The Bertz CT molecular complexity index is 192. The molecule has 14 heavy (non-hydrogen) atoms. The van der Waals surface area contributed by atoms with Gasteiger partial charge in [0.1, 0.15) is 0 Å². The van der Waals surface area contributed by atoms with Crippen molar-refractivity contribution in [2.75, 3.05) is 0 Å². The second-order valence-corrected chi connectivity index (χ2v) is 3.50. The molecule has 4 nitrogen and oxygen atoms in total. The molecule has 0 aromatic rings. The van der Waals surface area contributed by atoms with Gasteiger partial charge in [0.2, 0.25) is 5.91 Å². The van der Waals surface area contributed by atoms with Gasteiger partial charge in [-0.15, -0.1) is 0 Å². The van der Waals surface area contributed by atoms with Gasteiger partial charge in [-0.05, 0) is 26.2 Å². The highest BCUT2D eigenvalue weighted by Crippen LogP contribution is 2.01. The highest BCUT2D eigenvalue weighted by atomic mass is 16.4. The third-order valence-corrected chi connectivity index (χ3v) is 1.91. The van der Waals surface area contributed by atoms with E-state index in [9.17, 15) is 9.59 Å². The molecule has 0 saturated carbocycles. The van der Waals surface area contributed by atoms with E-state index in [1.165, 1.54) is 0 Å². The fourth-order valence-corrected chi connectivity index (χ4v) is 1.21. The first-order chi connectivity index (χ1) is 6.56. The van der Waals surface area contributed by atoms with Crippen molar-refractivity contribution < 1.29 is 14.7 Å². The maximum absolute atomic E-state index is 11.1. The summed E-state index contributed by atoms with van der Waals surface area (Å²) in [5.74, 6) is -0.729. The SMILES string of the molecule is CCCC(=O)NC(C)CCCC(=O)O. The van der Waals surface area contributed by atoms with Crippen molar-refractivity contribution in [1.82, 2.24) is 5.32 Å². The number of rotatable bonds is 7. The average Bonchev–Trinajstić information content (AvgIpc) is 2.03. The van der Waals surface area contributed by atoms with Crippen molar-refractivity contribution in [3.63, 3.8) is 0 Å². The van der Waals surface area contributed by atoms with Crippen molar-refractivity contribution >= 4 is 11.9 Å². The van der Waals surface area contributed by atoms with Gasteiger partial charge in [0, 0.05) is 18.9 Å². The number of amides is 1. The summed E-state index contributed by atoms with van der Waals surface area (Å²) in [7, 11) is 0. The molecular weight excluding hydrogens is 182 g/mol. The van der Waals surface area contributed by atoms with Crippen LogP contribution < -0.4 is 5.32 Å². The summed E-state index contributed by atoms with van der Waals surface area (Å²) in [4.78, 5) is 21.3. The molecule has 2 N–H and O–H groups in total. The van der Waals surface area contributed by atoms with Crippen LogP contribution in [-0.2, 0) is 9.59 Å². The Morgan fingerprint density at radius 3 is 2.50 bits per heavy atom. The topological polar surface area (TPSA) is 66.4 Å². The smallest absolute Gasteiger partial charge is 0.303 e. The van der Waals surface area contributed by atoms with E-state index in [2.05, 4.69) is 5.32 Å². The quantitative estimate of drug-likeness (QED) is 0.656. The lowest BCUT2D eigenvalue weighted by Crippen LogP contribution is -2.32. The van der Waals surface area contributed by atoms with Gasteiger partial charge in [-0.25, -0.2) is 0 Å². The molecule has 0 bridgehead atoms. The standard InChI is InChI=1S/C10H19NO3/c1-3-5-9(12)11-8(2)6-4-7-10(13)14/h8H,3-7H2,1-2H3,(H,11,12)(H,13,14). The summed E-state index contributed by atoms with van der Waals surface area (Å²) in [6, 6.07) is 0.0772. The van der Waals surface area contributed by atoms with Crippen LogP contribution in [0.25, 0.3) is 0 Å². The molecule has 82 valence electrons. The van der Waals surface area contributed by atoms with Crippen LogP contribution in [0.2, 0.25) is 0 Å². The first-order valence-electron chi connectivity index (χ1n) is 5.07. The van der Waals surface area contributed by atoms with Crippen molar-refractivity contribution in [1.29, 1.82) is 0 Å². The monoisotopic (exact) mass is 201 g/mol. The normalized spacial score (nSPS) is 12.1. The Morgan fingerprint density at radius 1 is 1.36 bits per heavy atom. The molecule has 0 rings (SSSR count). The second-order valence-electron chi connectivity index (χ2n) is 3.50. The van der Waals surface area contributed by atoms with Crippen LogP contribution in [0.4, 0.5) is 0 Å². The molecular formula is C10H19NO3. The van der Waals surface area contributed by atoms with E-state index in [-0.39, 0.29) is 18.4 Å². The Hall–Kier alpha value is -1.06. The number of hydrogen-bond acceptors (Lipinski definition) is 2. The Balaban J connectivity index is 3.49. The number of carboxylic acid groups (broad SMARTS) is 1. The summed E-state index contributed by atoms with van der Waals surface area (Å²) in [6.07, 6.45) is 2.90. The summed E-state index contributed by atoms with van der Waals surface area (Å²) < 4.78 is 0. The summed E-state index contributed by atoms with van der Waals surface area (Å²) >= 11 is 0. The number of carbonyl (C=O) groups is 2. The third-order valence-electron chi connectivity index (χ3n) is 1.91. The van der Waals surface area contributed by atoms with Crippen LogP contribution in [0.15, 0.2) is 0 Å². The minimum Gasteiger partial charge on any atom is -0.481 e. The summed E-state index contributed by atoms with van der Waals surface area (Å²) in [5.41, 5.74) is 0. The van der Waals surface area contributed by atoms with Crippen molar-refractivity contribution in [2.45, 2.75) is 52.0 Å². The molecule has 0 aliphatic carbocycles. The zero-order chi connectivity index (χ0) is 11.0.